The summed E-state index contributed by atoms with van der Waals surface area (Å²) in [5.74, 6) is -0.733. The van der Waals surface area contributed by atoms with Crippen LogP contribution in [-0.4, -0.2) is 12.5 Å². The van der Waals surface area contributed by atoms with E-state index in [9.17, 15) is 9.18 Å². The van der Waals surface area contributed by atoms with Crippen LogP contribution in [0.5, 0.6) is 0 Å². The molecule has 2 aromatic rings. The highest BCUT2D eigenvalue weighted by atomic mass is 79.9. The molecule has 0 aliphatic rings. The summed E-state index contributed by atoms with van der Waals surface area (Å²) in [6.45, 7) is 4.02. The summed E-state index contributed by atoms with van der Waals surface area (Å²) in [5.41, 5.74) is 3.19. The summed E-state index contributed by atoms with van der Waals surface area (Å²) in [4.78, 5) is 11.9. The van der Waals surface area contributed by atoms with E-state index in [0.717, 1.165) is 21.3 Å². The standard InChI is InChI=1S/C16H16BrFN2O/c1-10-7-12(17)8-11(2)16(10)19-9-15(21)20-14-6-4-3-5-13(14)18/h3-8,19H,9H2,1-2H3,(H,20,21). The fourth-order valence-corrected chi connectivity index (χ4v) is 2.80. The molecule has 0 atom stereocenters. The van der Waals surface area contributed by atoms with Crippen LogP contribution >= 0.6 is 15.9 Å². The Hall–Kier alpha value is -1.88. The van der Waals surface area contributed by atoms with Gasteiger partial charge >= 0.3 is 0 Å². The van der Waals surface area contributed by atoms with Crippen LogP contribution < -0.4 is 10.6 Å². The minimum Gasteiger partial charge on any atom is -0.376 e. The highest BCUT2D eigenvalue weighted by Crippen LogP contribution is 2.24. The number of anilines is 2. The van der Waals surface area contributed by atoms with Crippen LogP contribution in [0, 0.1) is 19.7 Å². The SMILES string of the molecule is Cc1cc(Br)cc(C)c1NCC(=O)Nc1ccccc1F. The Balaban J connectivity index is 2.01. The van der Waals surface area contributed by atoms with E-state index < -0.39 is 5.82 Å². The Morgan fingerprint density at radius 1 is 1.19 bits per heavy atom. The molecule has 0 saturated carbocycles. The molecule has 2 N–H and O–H groups in total. The molecule has 0 fully saturated rings. The summed E-state index contributed by atoms with van der Waals surface area (Å²) in [6, 6.07) is 10.1. The third-order valence-electron chi connectivity index (χ3n) is 3.07. The first-order valence-electron chi connectivity index (χ1n) is 6.52. The van der Waals surface area contributed by atoms with Crippen LogP contribution in [0.2, 0.25) is 0 Å². The molecule has 0 unspecified atom stereocenters. The molecular weight excluding hydrogens is 335 g/mol. The first-order valence-corrected chi connectivity index (χ1v) is 7.31. The molecule has 21 heavy (non-hydrogen) atoms. The molecule has 0 aromatic heterocycles. The summed E-state index contributed by atoms with van der Waals surface area (Å²) >= 11 is 3.43. The summed E-state index contributed by atoms with van der Waals surface area (Å²) in [7, 11) is 0. The van der Waals surface area contributed by atoms with Gasteiger partial charge in [-0.3, -0.25) is 4.79 Å². The minimum atomic E-state index is -0.443. The van der Waals surface area contributed by atoms with Crippen molar-refractivity contribution in [2.24, 2.45) is 0 Å². The lowest BCUT2D eigenvalue weighted by atomic mass is 10.1. The van der Waals surface area contributed by atoms with Crippen LogP contribution in [-0.2, 0) is 4.79 Å². The number of hydrogen-bond acceptors (Lipinski definition) is 2. The van der Waals surface area contributed by atoms with Crippen molar-refractivity contribution in [3.63, 3.8) is 0 Å². The van der Waals surface area contributed by atoms with E-state index in [4.69, 9.17) is 0 Å². The molecule has 0 bridgehead atoms. The number of benzene rings is 2. The molecule has 0 saturated heterocycles. The van der Waals surface area contributed by atoms with E-state index in [1.165, 1.54) is 12.1 Å². The lowest BCUT2D eigenvalue weighted by molar-refractivity contribution is -0.114. The van der Waals surface area contributed by atoms with Crippen molar-refractivity contribution in [2.75, 3.05) is 17.2 Å². The number of aryl methyl sites for hydroxylation is 2. The maximum Gasteiger partial charge on any atom is 0.243 e. The zero-order chi connectivity index (χ0) is 15.4. The highest BCUT2D eigenvalue weighted by Gasteiger charge is 2.08. The summed E-state index contributed by atoms with van der Waals surface area (Å²) in [6.07, 6.45) is 0. The summed E-state index contributed by atoms with van der Waals surface area (Å²) < 4.78 is 14.4. The fraction of sp³-hybridized carbons (Fsp3) is 0.188. The Morgan fingerprint density at radius 3 is 2.43 bits per heavy atom. The van der Waals surface area contributed by atoms with Gasteiger partial charge in [0.1, 0.15) is 5.82 Å². The molecule has 0 aliphatic carbocycles. The van der Waals surface area contributed by atoms with Gasteiger partial charge in [0.2, 0.25) is 5.91 Å². The zero-order valence-corrected chi connectivity index (χ0v) is 13.4. The van der Waals surface area contributed by atoms with Crippen molar-refractivity contribution in [3.8, 4) is 0 Å². The normalized spacial score (nSPS) is 10.3. The number of amides is 1. The molecule has 2 aromatic carbocycles. The van der Waals surface area contributed by atoms with Gasteiger partial charge in [0, 0.05) is 10.2 Å². The largest absolute Gasteiger partial charge is 0.376 e. The van der Waals surface area contributed by atoms with Crippen LogP contribution in [0.25, 0.3) is 0 Å². The first-order chi connectivity index (χ1) is 9.97. The van der Waals surface area contributed by atoms with Gasteiger partial charge in [-0.05, 0) is 49.2 Å². The Bertz CT molecular complexity index is 650. The van der Waals surface area contributed by atoms with Crippen LogP contribution in [0.4, 0.5) is 15.8 Å². The number of nitrogens with one attached hydrogen (secondary N) is 2. The number of hydrogen-bond donors (Lipinski definition) is 2. The van der Waals surface area contributed by atoms with Gasteiger partial charge in [-0.2, -0.15) is 0 Å². The van der Waals surface area contributed by atoms with Crippen molar-refractivity contribution in [3.05, 3.63) is 57.8 Å². The van der Waals surface area contributed by atoms with Gasteiger partial charge < -0.3 is 10.6 Å². The van der Waals surface area contributed by atoms with E-state index in [0.29, 0.717) is 0 Å². The molecule has 2 rings (SSSR count). The number of carbonyl (C=O) groups is 1. The van der Waals surface area contributed by atoms with Crippen LogP contribution in [0.1, 0.15) is 11.1 Å². The van der Waals surface area contributed by atoms with Gasteiger partial charge in [-0.1, -0.05) is 28.1 Å². The smallest absolute Gasteiger partial charge is 0.243 e. The van der Waals surface area contributed by atoms with E-state index in [2.05, 4.69) is 26.6 Å². The predicted molar refractivity (Wildman–Crippen MR) is 87.1 cm³/mol. The van der Waals surface area contributed by atoms with Crippen molar-refractivity contribution >= 4 is 33.2 Å². The van der Waals surface area contributed by atoms with Crippen molar-refractivity contribution in [1.82, 2.24) is 0 Å². The molecular formula is C16H16BrFN2O. The molecule has 3 nitrogen and oxygen atoms in total. The quantitative estimate of drug-likeness (QED) is 0.864. The Labute approximate surface area is 131 Å². The second-order valence-electron chi connectivity index (χ2n) is 4.80. The average Bonchev–Trinajstić information content (AvgIpc) is 2.40. The maximum atomic E-state index is 13.4. The average molecular weight is 351 g/mol. The van der Waals surface area contributed by atoms with Crippen LogP contribution in [0.3, 0.4) is 0 Å². The third kappa shape index (κ3) is 4.04. The van der Waals surface area contributed by atoms with Crippen molar-refractivity contribution < 1.29 is 9.18 Å². The molecule has 5 heteroatoms. The van der Waals surface area contributed by atoms with Crippen molar-refractivity contribution in [2.45, 2.75) is 13.8 Å². The topological polar surface area (TPSA) is 41.1 Å². The number of rotatable bonds is 4. The van der Waals surface area contributed by atoms with Gasteiger partial charge in [-0.25, -0.2) is 4.39 Å². The van der Waals surface area contributed by atoms with Gasteiger partial charge in [0.05, 0.1) is 12.2 Å². The second-order valence-corrected chi connectivity index (χ2v) is 5.71. The first kappa shape index (κ1) is 15.5. The van der Waals surface area contributed by atoms with Crippen LogP contribution in [0.15, 0.2) is 40.9 Å². The highest BCUT2D eigenvalue weighted by molar-refractivity contribution is 9.10. The van der Waals surface area contributed by atoms with E-state index in [-0.39, 0.29) is 18.1 Å². The second kappa shape index (κ2) is 6.72. The Kier molecular flexibility index (Phi) is 4.96. The van der Waals surface area contributed by atoms with Gasteiger partial charge in [0.25, 0.3) is 0 Å². The molecule has 1 amide bonds. The van der Waals surface area contributed by atoms with Gasteiger partial charge in [0.15, 0.2) is 0 Å². The zero-order valence-electron chi connectivity index (χ0n) is 11.8. The maximum absolute atomic E-state index is 13.4. The minimum absolute atomic E-state index is 0.0810. The predicted octanol–water partition coefficient (Wildman–Crippen LogP) is 4.26. The van der Waals surface area contributed by atoms with E-state index in [1.807, 2.05) is 26.0 Å². The van der Waals surface area contributed by atoms with E-state index in [1.54, 1.807) is 12.1 Å². The van der Waals surface area contributed by atoms with E-state index >= 15 is 0 Å². The molecule has 0 spiro atoms. The van der Waals surface area contributed by atoms with Crippen molar-refractivity contribution in [1.29, 1.82) is 0 Å². The number of carbonyl (C=O) groups excluding carboxylic acids is 1. The summed E-state index contributed by atoms with van der Waals surface area (Å²) in [5, 5.41) is 5.64. The lowest BCUT2D eigenvalue weighted by Crippen LogP contribution is -2.22. The van der Waals surface area contributed by atoms with Gasteiger partial charge in [-0.15, -0.1) is 0 Å². The molecule has 0 radical (unpaired) electrons. The number of para-hydroxylation sites is 1. The number of halogens is 2. The fourth-order valence-electron chi connectivity index (χ4n) is 2.12. The Morgan fingerprint density at radius 2 is 1.81 bits per heavy atom. The third-order valence-corrected chi connectivity index (χ3v) is 3.53. The molecule has 0 aliphatic heterocycles. The molecule has 110 valence electrons. The lowest BCUT2D eigenvalue weighted by Gasteiger charge is -2.13. The monoisotopic (exact) mass is 350 g/mol. The molecule has 0 heterocycles.